The van der Waals surface area contributed by atoms with Gasteiger partial charge in [0.25, 0.3) is 0 Å². The molecule has 3 nitrogen and oxygen atoms in total. The lowest BCUT2D eigenvalue weighted by Crippen LogP contribution is -2.45. The van der Waals surface area contributed by atoms with Crippen molar-refractivity contribution >= 4 is 0 Å². The van der Waals surface area contributed by atoms with Crippen molar-refractivity contribution in [2.45, 2.75) is 50.7 Å². The van der Waals surface area contributed by atoms with Crippen LogP contribution in [0.5, 0.6) is 0 Å². The van der Waals surface area contributed by atoms with Crippen molar-refractivity contribution in [3.8, 4) is 0 Å². The molecule has 94 valence electrons. The molecule has 1 heterocycles. The molecular formula is C13H26N2O. The number of nitrogens with one attached hydrogen (secondary N) is 2. The third-order valence-corrected chi connectivity index (χ3v) is 4.05. The average Bonchev–Trinajstić information content (AvgIpc) is 2.28. The summed E-state index contributed by atoms with van der Waals surface area (Å²) in [6.45, 7) is 3.67. The molecule has 1 aliphatic heterocycles. The number of methoxy groups -OCH3 is 1. The van der Waals surface area contributed by atoms with Gasteiger partial charge < -0.3 is 15.4 Å². The molecule has 3 heteroatoms. The van der Waals surface area contributed by atoms with Crippen LogP contribution in [0.3, 0.4) is 0 Å². The van der Waals surface area contributed by atoms with Crippen LogP contribution < -0.4 is 10.6 Å². The van der Waals surface area contributed by atoms with Crippen LogP contribution in [-0.2, 0) is 4.74 Å². The standard InChI is InChI=1S/C13H26N2O/c1-16-13-8-12(9-13)15-7-3-5-11-4-2-6-14-10-11/h11-15H,2-10H2,1H3. The average molecular weight is 226 g/mol. The highest BCUT2D eigenvalue weighted by Crippen LogP contribution is 2.22. The first-order valence-corrected chi connectivity index (χ1v) is 6.85. The van der Waals surface area contributed by atoms with Gasteiger partial charge in [0, 0.05) is 13.2 Å². The highest BCUT2D eigenvalue weighted by molar-refractivity contribution is 4.85. The van der Waals surface area contributed by atoms with Crippen molar-refractivity contribution in [1.82, 2.24) is 10.6 Å². The summed E-state index contributed by atoms with van der Waals surface area (Å²) in [5.41, 5.74) is 0. The van der Waals surface area contributed by atoms with E-state index in [-0.39, 0.29) is 0 Å². The second-order valence-corrected chi connectivity index (χ2v) is 5.33. The highest BCUT2D eigenvalue weighted by atomic mass is 16.5. The maximum absolute atomic E-state index is 5.27. The summed E-state index contributed by atoms with van der Waals surface area (Å²) < 4.78 is 5.27. The summed E-state index contributed by atoms with van der Waals surface area (Å²) in [5, 5.41) is 7.11. The van der Waals surface area contributed by atoms with Crippen LogP contribution >= 0.6 is 0 Å². The van der Waals surface area contributed by atoms with Crippen molar-refractivity contribution in [2.24, 2.45) is 5.92 Å². The van der Waals surface area contributed by atoms with E-state index in [0.29, 0.717) is 6.10 Å². The van der Waals surface area contributed by atoms with Crippen LogP contribution in [0.2, 0.25) is 0 Å². The topological polar surface area (TPSA) is 33.3 Å². The van der Waals surface area contributed by atoms with E-state index in [4.69, 9.17) is 4.74 Å². The largest absolute Gasteiger partial charge is 0.381 e. The third-order valence-electron chi connectivity index (χ3n) is 4.05. The first-order chi connectivity index (χ1) is 7.88. The Bertz CT molecular complexity index is 186. The van der Waals surface area contributed by atoms with E-state index in [2.05, 4.69) is 10.6 Å². The van der Waals surface area contributed by atoms with E-state index < -0.39 is 0 Å². The second-order valence-electron chi connectivity index (χ2n) is 5.33. The predicted molar refractivity (Wildman–Crippen MR) is 66.6 cm³/mol. The lowest BCUT2D eigenvalue weighted by atomic mass is 9.89. The Kier molecular flexibility index (Phi) is 5.07. The fourth-order valence-electron chi connectivity index (χ4n) is 2.79. The summed E-state index contributed by atoms with van der Waals surface area (Å²) >= 11 is 0. The van der Waals surface area contributed by atoms with Crippen LogP contribution in [-0.4, -0.2) is 38.9 Å². The molecule has 1 saturated heterocycles. The Balaban J connectivity index is 1.43. The van der Waals surface area contributed by atoms with Crippen LogP contribution in [0.4, 0.5) is 0 Å². The van der Waals surface area contributed by atoms with Gasteiger partial charge in [-0.05, 0) is 64.1 Å². The summed E-state index contributed by atoms with van der Waals surface area (Å²) in [7, 11) is 1.82. The van der Waals surface area contributed by atoms with Crippen molar-refractivity contribution in [1.29, 1.82) is 0 Å². The zero-order chi connectivity index (χ0) is 11.2. The lowest BCUT2D eigenvalue weighted by molar-refractivity contribution is 0.0174. The Morgan fingerprint density at radius 2 is 2.25 bits per heavy atom. The first kappa shape index (κ1) is 12.3. The molecule has 0 aromatic rings. The number of hydrogen-bond donors (Lipinski definition) is 2. The van der Waals surface area contributed by atoms with Crippen LogP contribution in [0.15, 0.2) is 0 Å². The number of piperidine rings is 1. The van der Waals surface area contributed by atoms with Crippen LogP contribution in [0.25, 0.3) is 0 Å². The van der Waals surface area contributed by atoms with E-state index in [1.165, 1.54) is 58.2 Å². The summed E-state index contributed by atoms with van der Waals surface area (Å²) in [4.78, 5) is 0. The second kappa shape index (κ2) is 6.58. The predicted octanol–water partition coefficient (Wildman–Crippen LogP) is 1.53. The molecule has 0 radical (unpaired) electrons. The van der Waals surface area contributed by atoms with E-state index in [1.54, 1.807) is 0 Å². The summed E-state index contributed by atoms with van der Waals surface area (Å²) in [6.07, 6.45) is 8.47. The molecule has 2 N–H and O–H groups in total. The van der Waals surface area contributed by atoms with E-state index in [1.807, 2.05) is 7.11 Å². The molecule has 1 saturated carbocycles. The molecule has 1 aliphatic carbocycles. The summed E-state index contributed by atoms with van der Waals surface area (Å²) in [6, 6.07) is 0.731. The van der Waals surface area contributed by atoms with Crippen LogP contribution in [0.1, 0.15) is 38.5 Å². The van der Waals surface area contributed by atoms with Gasteiger partial charge in [-0.15, -0.1) is 0 Å². The van der Waals surface area contributed by atoms with Gasteiger partial charge in [-0.3, -0.25) is 0 Å². The maximum Gasteiger partial charge on any atom is 0.0601 e. The minimum Gasteiger partial charge on any atom is -0.381 e. The minimum absolute atomic E-state index is 0.528. The van der Waals surface area contributed by atoms with E-state index >= 15 is 0 Å². The normalized spacial score (nSPS) is 34.7. The van der Waals surface area contributed by atoms with Crippen molar-refractivity contribution in [2.75, 3.05) is 26.7 Å². The minimum atomic E-state index is 0.528. The molecule has 2 fully saturated rings. The van der Waals surface area contributed by atoms with Crippen molar-refractivity contribution in [3.63, 3.8) is 0 Å². The molecular weight excluding hydrogens is 200 g/mol. The van der Waals surface area contributed by atoms with Crippen molar-refractivity contribution in [3.05, 3.63) is 0 Å². The molecule has 0 bridgehead atoms. The summed E-state index contributed by atoms with van der Waals surface area (Å²) in [5.74, 6) is 0.934. The lowest BCUT2D eigenvalue weighted by Gasteiger charge is -2.35. The fraction of sp³-hybridized carbons (Fsp3) is 1.00. The van der Waals surface area contributed by atoms with Gasteiger partial charge in [-0.25, -0.2) is 0 Å². The number of hydrogen-bond acceptors (Lipinski definition) is 3. The molecule has 0 aromatic carbocycles. The molecule has 16 heavy (non-hydrogen) atoms. The maximum atomic E-state index is 5.27. The quantitative estimate of drug-likeness (QED) is 0.674. The van der Waals surface area contributed by atoms with Crippen LogP contribution in [0, 0.1) is 5.92 Å². The smallest absolute Gasteiger partial charge is 0.0601 e. The Labute approximate surface area is 99.3 Å². The third kappa shape index (κ3) is 3.72. The van der Waals surface area contributed by atoms with Gasteiger partial charge in [-0.1, -0.05) is 0 Å². The Morgan fingerprint density at radius 3 is 2.94 bits per heavy atom. The van der Waals surface area contributed by atoms with Crippen molar-refractivity contribution < 1.29 is 4.74 Å². The Hall–Kier alpha value is -0.120. The SMILES string of the molecule is COC1CC(NCCCC2CCCNC2)C1. The van der Waals surface area contributed by atoms with Gasteiger partial charge in [-0.2, -0.15) is 0 Å². The fourth-order valence-corrected chi connectivity index (χ4v) is 2.79. The van der Waals surface area contributed by atoms with E-state index in [0.717, 1.165) is 12.0 Å². The Morgan fingerprint density at radius 1 is 1.38 bits per heavy atom. The molecule has 2 rings (SSSR count). The molecule has 1 atom stereocenters. The molecule has 1 unspecified atom stereocenters. The zero-order valence-electron chi connectivity index (χ0n) is 10.5. The molecule has 0 aromatic heterocycles. The molecule has 0 spiro atoms. The van der Waals surface area contributed by atoms with E-state index in [9.17, 15) is 0 Å². The van der Waals surface area contributed by atoms with Gasteiger partial charge in [0.05, 0.1) is 6.10 Å². The highest BCUT2D eigenvalue weighted by Gasteiger charge is 2.28. The zero-order valence-corrected chi connectivity index (χ0v) is 10.5. The van der Waals surface area contributed by atoms with Gasteiger partial charge >= 0.3 is 0 Å². The molecule has 2 aliphatic rings. The van der Waals surface area contributed by atoms with Gasteiger partial charge in [0.2, 0.25) is 0 Å². The van der Waals surface area contributed by atoms with Gasteiger partial charge in [0.15, 0.2) is 0 Å². The first-order valence-electron chi connectivity index (χ1n) is 6.85. The number of ether oxygens (including phenoxy) is 1. The molecule has 0 amide bonds. The number of rotatable bonds is 6. The monoisotopic (exact) mass is 226 g/mol. The van der Waals surface area contributed by atoms with Gasteiger partial charge in [0.1, 0.15) is 0 Å².